The van der Waals surface area contributed by atoms with Crippen LogP contribution >= 0.6 is 0 Å². The average molecular weight is 536 g/mol. The molecular weight excluding hydrogens is 502 g/mol. The van der Waals surface area contributed by atoms with Gasteiger partial charge in [0, 0.05) is 23.5 Å². The molecule has 0 saturated carbocycles. The first kappa shape index (κ1) is 27.7. The van der Waals surface area contributed by atoms with Gasteiger partial charge in [-0.25, -0.2) is 14.4 Å². The smallest absolute Gasteiger partial charge is 0.408 e. The van der Waals surface area contributed by atoms with Crippen LogP contribution in [0.2, 0.25) is 0 Å². The highest BCUT2D eigenvalue weighted by atomic mass is 16.6. The Hall–Kier alpha value is -4.34. The number of carbonyl (C=O) groups excluding carboxylic acids is 4. The number of para-hydroxylation sites is 1. The lowest BCUT2D eigenvalue weighted by molar-refractivity contribution is -0.160. The molecule has 0 spiro atoms. The number of fused-ring (bicyclic) bond motifs is 1. The summed E-state index contributed by atoms with van der Waals surface area (Å²) in [5, 5.41) is 3.57. The minimum Gasteiger partial charge on any atom is -0.464 e. The van der Waals surface area contributed by atoms with Gasteiger partial charge in [-0.15, -0.1) is 0 Å². The maximum atomic E-state index is 14.1. The molecule has 0 bridgehead atoms. The molecule has 39 heavy (non-hydrogen) atoms. The number of esters is 2. The van der Waals surface area contributed by atoms with Crippen molar-refractivity contribution in [1.82, 2.24) is 15.2 Å². The van der Waals surface area contributed by atoms with E-state index in [9.17, 15) is 19.2 Å². The lowest BCUT2D eigenvalue weighted by Crippen LogP contribution is -2.56. The molecule has 1 saturated heterocycles. The standard InChI is InChI=1S/C29H33N3O7/c1-3-37-27(34)24-14-15-25(28(35)38-4-2)32(24)26(33)23(16-20-17-30-22-13-9-8-12-21(20)22)31-29(36)39-18-19-10-6-5-7-11-19/h5-13,17,23-25,30H,3-4,14-16,18H2,1-2H3,(H,31,36). The largest absolute Gasteiger partial charge is 0.464 e. The lowest BCUT2D eigenvalue weighted by atomic mass is 10.0. The number of nitrogens with one attached hydrogen (secondary N) is 2. The number of H-pyrrole nitrogens is 1. The van der Waals surface area contributed by atoms with Gasteiger partial charge in [-0.3, -0.25) is 4.79 Å². The van der Waals surface area contributed by atoms with Crippen LogP contribution < -0.4 is 5.32 Å². The quantitative estimate of drug-likeness (QED) is 0.301. The summed E-state index contributed by atoms with van der Waals surface area (Å²) >= 11 is 0. The highest BCUT2D eigenvalue weighted by molar-refractivity contribution is 5.95. The Balaban J connectivity index is 1.62. The van der Waals surface area contributed by atoms with E-state index in [2.05, 4.69) is 10.3 Å². The number of benzene rings is 2. The van der Waals surface area contributed by atoms with Gasteiger partial charge in [0.2, 0.25) is 5.91 Å². The van der Waals surface area contributed by atoms with Crippen LogP contribution in [0.1, 0.15) is 37.8 Å². The fourth-order valence-electron chi connectivity index (χ4n) is 4.87. The number of ether oxygens (including phenoxy) is 3. The number of hydrogen-bond acceptors (Lipinski definition) is 7. The van der Waals surface area contributed by atoms with Crippen LogP contribution in [0.15, 0.2) is 60.8 Å². The first-order valence-electron chi connectivity index (χ1n) is 13.1. The molecule has 2 aromatic carbocycles. The van der Waals surface area contributed by atoms with Gasteiger partial charge in [0.15, 0.2) is 0 Å². The van der Waals surface area contributed by atoms with Crippen molar-refractivity contribution in [1.29, 1.82) is 0 Å². The number of aromatic nitrogens is 1. The highest BCUT2D eigenvalue weighted by Crippen LogP contribution is 2.29. The van der Waals surface area contributed by atoms with Crippen molar-refractivity contribution in [3.63, 3.8) is 0 Å². The minimum atomic E-state index is -1.13. The van der Waals surface area contributed by atoms with Gasteiger partial charge in [0.1, 0.15) is 24.7 Å². The third-order valence-electron chi connectivity index (χ3n) is 6.66. The number of amides is 2. The van der Waals surface area contributed by atoms with E-state index in [0.29, 0.717) is 0 Å². The van der Waals surface area contributed by atoms with Gasteiger partial charge in [0.05, 0.1) is 13.2 Å². The topological polar surface area (TPSA) is 127 Å². The molecule has 3 atom stereocenters. The molecule has 1 fully saturated rings. The SMILES string of the molecule is CCOC(=O)C1CCC(C(=O)OCC)N1C(=O)C(Cc1c[nH]c2ccccc12)NC(=O)OCc1ccccc1. The van der Waals surface area contributed by atoms with Crippen LogP contribution in [0.4, 0.5) is 4.79 Å². The van der Waals surface area contributed by atoms with Gasteiger partial charge >= 0.3 is 18.0 Å². The van der Waals surface area contributed by atoms with Gasteiger partial charge in [-0.1, -0.05) is 48.5 Å². The predicted molar refractivity (Wildman–Crippen MR) is 142 cm³/mol. The van der Waals surface area contributed by atoms with Crippen molar-refractivity contribution in [3.8, 4) is 0 Å². The van der Waals surface area contributed by atoms with E-state index >= 15 is 0 Å². The zero-order valence-corrected chi connectivity index (χ0v) is 22.1. The maximum Gasteiger partial charge on any atom is 0.408 e. The Morgan fingerprint density at radius 3 is 2.15 bits per heavy atom. The molecular formula is C29H33N3O7. The summed E-state index contributed by atoms with van der Waals surface area (Å²) in [6, 6.07) is 13.7. The van der Waals surface area contributed by atoms with E-state index in [1.54, 1.807) is 20.0 Å². The summed E-state index contributed by atoms with van der Waals surface area (Å²) in [5.41, 5.74) is 2.45. The van der Waals surface area contributed by atoms with Crippen molar-refractivity contribution >= 4 is 34.8 Å². The minimum absolute atomic E-state index is 0.0152. The number of carbonyl (C=O) groups is 4. The molecule has 206 valence electrons. The number of nitrogens with zero attached hydrogens (tertiary/aromatic N) is 1. The molecule has 2 N–H and O–H groups in total. The summed E-state index contributed by atoms with van der Waals surface area (Å²) in [6.07, 6.45) is 1.57. The number of alkyl carbamates (subject to hydrolysis) is 1. The summed E-state index contributed by atoms with van der Waals surface area (Å²) < 4.78 is 15.8. The first-order valence-corrected chi connectivity index (χ1v) is 13.1. The van der Waals surface area contributed by atoms with E-state index in [1.807, 2.05) is 54.6 Å². The van der Waals surface area contributed by atoms with Gasteiger partial charge in [-0.05, 0) is 43.9 Å². The second kappa shape index (κ2) is 12.9. The molecule has 3 aromatic rings. The van der Waals surface area contributed by atoms with Gasteiger partial charge < -0.3 is 29.4 Å². The normalized spacial score (nSPS) is 17.4. The molecule has 0 radical (unpaired) electrons. The summed E-state index contributed by atoms with van der Waals surface area (Å²) in [5.74, 6) is -1.80. The fraction of sp³-hybridized carbons (Fsp3) is 0.379. The van der Waals surface area contributed by atoms with E-state index in [-0.39, 0.29) is 39.1 Å². The van der Waals surface area contributed by atoms with Gasteiger partial charge in [0.25, 0.3) is 0 Å². The molecule has 2 amide bonds. The molecule has 0 aliphatic carbocycles. The predicted octanol–water partition coefficient (Wildman–Crippen LogP) is 3.49. The second-order valence-corrected chi connectivity index (χ2v) is 9.18. The average Bonchev–Trinajstić information content (AvgIpc) is 3.57. The Labute approximate surface area is 226 Å². The van der Waals surface area contributed by atoms with Crippen LogP contribution in [0, 0.1) is 0 Å². The molecule has 10 heteroatoms. The van der Waals surface area contributed by atoms with Crippen molar-refractivity contribution in [2.24, 2.45) is 0 Å². The molecule has 4 rings (SSSR count). The van der Waals surface area contributed by atoms with E-state index < -0.39 is 42.1 Å². The van der Waals surface area contributed by atoms with Gasteiger partial charge in [-0.2, -0.15) is 0 Å². The zero-order valence-electron chi connectivity index (χ0n) is 22.1. The van der Waals surface area contributed by atoms with Crippen molar-refractivity contribution < 1.29 is 33.4 Å². The fourth-order valence-corrected chi connectivity index (χ4v) is 4.87. The van der Waals surface area contributed by atoms with Crippen LogP contribution in [0.3, 0.4) is 0 Å². The number of rotatable bonds is 10. The Bertz CT molecular complexity index is 1280. The molecule has 1 aliphatic rings. The summed E-state index contributed by atoms with van der Waals surface area (Å²) in [4.78, 5) is 56.9. The summed E-state index contributed by atoms with van der Waals surface area (Å²) in [6.45, 7) is 3.62. The van der Waals surface area contributed by atoms with Crippen molar-refractivity contribution in [2.75, 3.05) is 13.2 Å². The summed E-state index contributed by atoms with van der Waals surface area (Å²) in [7, 11) is 0. The first-order chi connectivity index (χ1) is 18.9. The van der Waals surface area contributed by atoms with E-state index in [4.69, 9.17) is 14.2 Å². The zero-order chi connectivity index (χ0) is 27.8. The van der Waals surface area contributed by atoms with Crippen molar-refractivity contribution in [2.45, 2.75) is 57.8 Å². The molecule has 2 heterocycles. The third-order valence-corrected chi connectivity index (χ3v) is 6.66. The number of aromatic amines is 1. The highest BCUT2D eigenvalue weighted by Gasteiger charge is 2.47. The number of likely N-dealkylation sites (tertiary alicyclic amines) is 1. The van der Waals surface area contributed by atoms with E-state index in [1.165, 1.54) is 4.90 Å². The molecule has 1 aromatic heterocycles. The van der Waals surface area contributed by atoms with Crippen LogP contribution in [-0.4, -0.2) is 65.2 Å². The maximum absolute atomic E-state index is 14.1. The molecule has 1 aliphatic heterocycles. The second-order valence-electron chi connectivity index (χ2n) is 9.18. The van der Waals surface area contributed by atoms with Crippen LogP contribution in [0.5, 0.6) is 0 Å². The molecule has 10 nitrogen and oxygen atoms in total. The Kier molecular flexibility index (Phi) is 9.19. The van der Waals surface area contributed by atoms with Crippen LogP contribution in [0.25, 0.3) is 10.9 Å². The lowest BCUT2D eigenvalue weighted by Gasteiger charge is -2.31. The molecule has 3 unspecified atom stereocenters. The Morgan fingerprint density at radius 1 is 0.897 bits per heavy atom. The van der Waals surface area contributed by atoms with Crippen LogP contribution in [-0.2, 0) is 41.6 Å². The van der Waals surface area contributed by atoms with E-state index in [0.717, 1.165) is 22.0 Å². The van der Waals surface area contributed by atoms with Crippen molar-refractivity contribution in [3.05, 3.63) is 71.9 Å². The Morgan fingerprint density at radius 2 is 1.51 bits per heavy atom. The number of hydrogen-bond donors (Lipinski definition) is 2. The third kappa shape index (κ3) is 6.57. The monoisotopic (exact) mass is 535 g/mol.